The van der Waals surface area contributed by atoms with Crippen LogP contribution in [0, 0.1) is 12.7 Å². The molecule has 0 saturated heterocycles. The van der Waals surface area contributed by atoms with Crippen LogP contribution >= 0.6 is 15.9 Å². The summed E-state index contributed by atoms with van der Waals surface area (Å²) in [6.07, 6.45) is 0.738. The highest BCUT2D eigenvalue weighted by molar-refractivity contribution is 9.10. The van der Waals surface area contributed by atoms with Crippen molar-refractivity contribution in [1.29, 1.82) is 0 Å². The van der Waals surface area contributed by atoms with E-state index in [0.29, 0.717) is 16.0 Å². The number of nitrogens with zero attached hydrogens (tertiary/aromatic N) is 2. The van der Waals surface area contributed by atoms with Crippen molar-refractivity contribution in [3.05, 3.63) is 39.9 Å². The van der Waals surface area contributed by atoms with Gasteiger partial charge in [0.05, 0.1) is 4.47 Å². The molecule has 1 heterocycles. The van der Waals surface area contributed by atoms with Gasteiger partial charge in [0, 0.05) is 24.2 Å². The van der Waals surface area contributed by atoms with E-state index in [0.717, 1.165) is 30.2 Å². The van der Waals surface area contributed by atoms with Crippen LogP contribution in [0.15, 0.2) is 22.7 Å². The fourth-order valence-corrected chi connectivity index (χ4v) is 2.14. The predicted octanol–water partition coefficient (Wildman–Crippen LogP) is 4.42. The lowest BCUT2D eigenvalue weighted by atomic mass is 10.2. The van der Waals surface area contributed by atoms with E-state index in [2.05, 4.69) is 36.5 Å². The van der Waals surface area contributed by atoms with E-state index in [4.69, 9.17) is 0 Å². The number of rotatable bonds is 5. The van der Waals surface area contributed by atoms with E-state index in [1.54, 1.807) is 12.1 Å². The molecule has 2 N–H and O–H groups in total. The number of aryl methyl sites for hydroxylation is 1. The first-order valence-corrected chi connectivity index (χ1v) is 7.67. The third kappa shape index (κ3) is 3.69. The van der Waals surface area contributed by atoms with Crippen LogP contribution < -0.4 is 10.6 Å². The predicted molar refractivity (Wildman–Crippen MR) is 87.7 cm³/mol. The molecule has 2 rings (SSSR count). The van der Waals surface area contributed by atoms with Crippen LogP contribution in [0.25, 0.3) is 0 Å². The minimum atomic E-state index is -0.311. The Hall–Kier alpha value is -1.69. The van der Waals surface area contributed by atoms with Gasteiger partial charge in [0.2, 0.25) is 0 Å². The second-order valence-electron chi connectivity index (χ2n) is 4.60. The second-order valence-corrected chi connectivity index (χ2v) is 5.45. The largest absolute Gasteiger partial charge is 0.370 e. The number of anilines is 3. The van der Waals surface area contributed by atoms with Gasteiger partial charge in [-0.15, -0.1) is 0 Å². The van der Waals surface area contributed by atoms with Crippen molar-refractivity contribution in [3.63, 3.8) is 0 Å². The van der Waals surface area contributed by atoms with Crippen molar-refractivity contribution in [2.24, 2.45) is 0 Å². The van der Waals surface area contributed by atoms with E-state index in [1.165, 1.54) is 6.07 Å². The Morgan fingerprint density at radius 2 is 1.90 bits per heavy atom. The Morgan fingerprint density at radius 3 is 2.52 bits per heavy atom. The Labute approximate surface area is 132 Å². The van der Waals surface area contributed by atoms with Gasteiger partial charge in [-0.1, -0.05) is 6.92 Å². The average molecular weight is 353 g/mol. The van der Waals surface area contributed by atoms with Gasteiger partial charge in [-0.25, -0.2) is 14.4 Å². The molecule has 0 bridgehead atoms. The number of nitrogens with one attached hydrogen (secondary N) is 2. The lowest BCUT2D eigenvalue weighted by molar-refractivity contribution is 0.622. The summed E-state index contributed by atoms with van der Waals surface area (Å²) in [7, 11) is 0. The number of hydrogen-bond donors (Lipinski definition) is 2. The van der Waals surface area contributed by atoms with Crippen LogP contribution in [0.1, 0.15) is 25.2 Å². The first-order valence-electron chi connectivity index (χ1n) is 6.88. The first-order chi connectivity index (χ1) is 10.0. The molecule has 0 saturated carbocycles. The maximum Gasteiger partial charge on any atom is 0.139 e. The van der Waals surface area contributed by atoms with Gasteiger partial charge >= 0.3 is 0 Å². The maximum absolute atomic E-state index is 13.6. The van der Waals surface area contributed by atoms with Crippen molar-refractivity contribution in [2.45, 2.75) is 27.2 Å². The van der Waals surface area contributed by atoms with Crippen molar-refractivity contribution >= 4 is 33.3 Å². The third-order valence-corrected chi connectivity index (χ3v) is 3.68. The maximum atomic E-state index is 13.6. The van der Waals surface area contributed by atoms with Gasteiger partial charge in [-0.2, -0.15) is 0 Å². The quantitative estimate of drug-likeness (QED) is 0.835. The molecule has 0 amide bonds. The molecule has 1 aromatic carbocycles. The van der Waals surface area contributed by atoms with Gasteiger partial charge in [-0.3, -0.25) is 0 Å². The summed E-state index contributed by atoms with van der Waals surface area (Å²) in [5.74, 6) is 1.94. The molecular formula is C15H18BrFN4. The molecule has 0 aliphatic rings. The van der Waals surface area contributed by atoms with E-state index >= 15 is 0 Å². The molecule has 1 aromatic heterocycles. The van der Waals surface area contributed by atoms with Crippen LogP contribution in [0.2, 0.25) is 0 Å². The minimum absolute atomic E-state index is 0.311. The molecule has 2 aromatic rings. The van der Waals surface area contributed by atoms with Crippen molar-refractivity contribution in [3.8, 4) is 0 Å². The van der Waals surface area contributed by atoms with Crippen LogP contribution in [0.4, 0.5) is 21.7 Å². The zero-order valence-corrected chi connectivity index (χ0v) is 13.9. The van der Waals surface area contributed by atoms with Crippen LogP contribution in [-0.2, 0) is 6.42 Å². The van der Waals surface area contributed by atoms with E-state index in [-0.39, 0.29) is 5.82 Å². The second kappa shape index (κ2) is 6.85. The minimum Gasteiger partial charge on any atom is -0.370 e. The van der Waals surface area contributed by atoms with E-state index in [1.807, 2.05) is 20.8 Å². The van der Waals surface area contributed by atoms with Gasteiger partial charge < -0.3 is 10.6 Å². The van der Waals surface area contributed by atoms with Crippen LogP contribution in [-0.4, -0.2) is 16.5 Å². The zero-order valence-electron chi connectivity index (χ0n) is 12.3. The van der Waals surface area contributed by atoms with Crippen LogP contribution in [0.5, 0.6) is 0 Å². The molecule has 0 unspecified atom stereocenters. The van der Waals surface area contributed by atoms with E-state index < -0.39 is 0 Å². The number of aromatic nitrogens is 2. The molecule has 0 radical (unpaired) electrons. The van der Waals surface area contributed by atoms with Gasteiger partial charge in [0.25, 0.3) is 0 Å². The summed E-state index contributed by atoms with van der Waals surface area (Å²) in [4.78, 5) is 8.96. The smallest absolute Gasteiger partial charge is 0.139 e. The molecule has 4 nitrogen and oxygen atoms in total. The van der Waals surface area contributed by atoms with E-state index in [9.17, 15) is 4.39 Å². The van der Waals surface area contributed by atoms with Gasteiger partial charge in [0.15, 0.2) is 0 Å². The summed E-state index contributed by atoms with van der Waals surface area (Å²) in [5.41, 5.74) is 1.57. The van der Waals surface area contributed by atoms with Gasteiger partial charge in [0.1, 0.15) is 23.3 Å². The molecule has 21 heavy (non-hydrogen) atoms. The number of hydrogen-bond acceptors (Lipinski definition) is 4. The summed E-state index contributed by atoms with van der Waals surface area (Å²) >= 11 is 3.15. The molecule has 0 aliphatic carbocycles. The Kier molecular flexibility index (Phi) is 5.12. The molecule has 0 atom stereocenters. The molecule has 0 fully saturated rings. The normalized spacial score (nSPS) is 10.5. The number of halogens is 2. The van der Waals surface area contributed by atoms with Crippen molar-refractivity contribution < 1.29 is 4.39 Å². The summed E-state index contributed by atoms with van der Waals surface area (Å²) in [5, 5.41) is 6.39. The molecule has 0 spiro atoms. The summed E-state index contributed by atoms with van der Waals surface area (Å²) in [6.45, 7) is 6.75. The van der Waals surface area contributed by atoms with Gasteiger partial charge in [-0.05, 0) is 48.0 Å². The number of benzene rings is 1. The highest BCUT2D eigenvalue weighted by Crippen LogP contribution is 2.26. The lowest BCUT2D eigenvalue weighted by Crippen LogP contribution is -2.09. The monoisotopic (exact) mass is 352 g/mol. The molecule has 112 valence electrons. The lowest BCUT2D eigenvalue weighted by Gasteiger charge is -2.14. The molecule has 6 heteroatoms. The molecular weight excluding hydrogens is 335 g/mol. The summed E-state index contributed by atoms with van der Waals surface area (Å²) in [6, 6.07) is 4.90. The Morgan fingerprint density at radius 1 is 1.19 bits per heavy atom. The van der Waals surface area contributed by atoms with Crippen LogP contribution in [0.3, 0.4) is 0 Å². The fourth-order valence-electron chi connectivity index (χ4n) is 1.89. The standard InChI is InChI=1S/C15H18BrFN4/c1-4-13-20-14(18-5-2)9(3)15(21-13)19-10-6-7-11(16)12(17)8-10/h6-8H,4-5H2,1-3H3,(H2,18,19,20,21). The van der Waals surface area contributed by atoms with Crippen molar-refractivity contribution in [1.82, 2.24) is 9.97 Å². The zero-order chi connectivity index (χ0) is 15.4. The SMILES string of the molecule is CCNc1nc(CC)nc(Nc2ccc(Br)c(F)c2)c1C. The Bertz CT molecular complexity index is 646. The highest BCUT2D eigenvalue weighted by Gasteiger charge is 2.10. The fraction of sp³-hybridized carbons (Fsp3) is 0.333. The summed E-state index contributed by atoms with van der Waals surface area (Å²) < 4.78 is 14.0. The highest BCUT2D eigenvalue weighted by atomic mass is 79.9. The first kappa shape index (κ1) is 15.7. The topological polar surface area (TPSA) is 49.8 Å². The van der Waals surface area contributed by atoms with Crippen molar-refractivity contribution in [2.75, 3.05) is 17.2 Å². The Balaban J connectivity index is 2.37. The average Bonchev–Trinajstić information content (AvgIpc) is 2.47. The third-order valence-electron chi connectivity index (χ3n) is 3.03. The molecule has 0 aliphatic heterocycles.